The Bertz CT molecular complexity index is 230. The maximum atomic E-state index is 11.0. The van der Waals surface area contributed by atoms with Crippen LogP contribution in [0.3, 0.4) is 0 Å². The lowest BCUT2D eigenvalue weighted by molar-refractivity contribution is -0.117. The Balaban J connectivity index is 2.83. The van der Waals surface area contributed by atoms with Crippen LogP contribution >= 0.6 is 11.8 Å². The second-order valence-electron chi connectivity index (χ2n) is 3.75. The zero-order chi connectivity index (χ0) is 9.35. The number of thioether (sulfide) groups is 1. The van der Waals surface area contributed by atoms with E-state index in [0.717, 1.165) is 5.17 Å². The van der Waals surface area contributed by atoms with Crippen LogP contribution in [-0.2, 0) is 4.79 Å². The number of aliphatic imine (C=N–C) groups is 1. The first-order valence-corrected chi connectivity index (χ1v) is 5.11. The van der Waals surface area contributed by atoms with Crippen LogP contribution in [0.4, 0.5) is 0 Å². The molecule has 0 N–H and O–H groups in total. The van der Waals surface area contributed by atoms with E-state index < -0.39 is 0 Å². The van der Waals surface area contributed by atoms with Crippen molar-refractivity contribution in [3.05, 3.63) is 0 Å². The molecule has 0 bridgehead atoms. The van der Waals surface area contributed by atoms with E-state index in [1.54, 1.807) is 0 Å². The van der Waals surface area contributed by atoms with Crippen molar-refractivity contribution in [3.8, 4) is 0 Å². The van der Waals surface area contributed by atoms with E-state index in [-0.39, 0.29) is 11.4 Å². The number of amides is 1. The summed E-state index contributed by atoms with van der Waals surface area (Å²) in [5, 5.41) is 0.840. The van der Waals surface area contributed by atoms with Gasteiger partial charge in [0.25, 0.3) is 5.91 Å². The van der Waals surface area contributed by atoms with Gasteiger partial charge in [0, 0.05) is 5.54 Å². The summed E-state index contributed by atoms with van der Waals surface area (Å²) in [4.78, 5) is 17.0. The summed E-state index contributed by atoms with van der Waals surface area (Å²) in [5.41, 5.74) is -0.00595. The van der Waals surface area contributed by atoms with Gasteiger partial charge >= 0.3 is 0 Å². The molecule has 0 atom stereocenters. The monoisotopic (exact) mass is 186 g/mol. The molecule has 0 aromatic heterocycles. The molecule has 0 spiro atoms. The van der Waals surface area contributed by atoms with Gasteiger partial charge in [-0.25, -0.2) is 0 Å². The third-order valence-corrected chi connectivity index (χ3v) is 2.41. The SMILES string of the molecule is CSC1=NC(=O)CN1C(C)(C)C. The highest BCUT2D eigenvalue weighted by molar-refractivity contribution is 8.13. The molecule has 0 aromatic carbocycles. The highest BCUT2D eigenvalue weighted by Crippen LogP contribution is 2.22. The molecule has 68 valence electrons. The second kappa shape index (κ2) is 3.09. The Morgan fingerprint density at radius 1 is 1.50 bits per heavy atom. The Hall–Kier alpha value is -0.510. The summed E-state index contributed by atoms with van der Waals surface area (Å²) in [7, 11) is 0. The molecule has 0 unspecified atom stereocenters. The van der Waals surface area contributed by atoms with Crippen LogP contribution in [0, 0.1) is 0 Å². The normalized spacial score (nSPS) is 18.5. The maximum Gasteiger partial charge on any atom is 0.267 e. The zero-order valence-electron chi connectivity index (χ0n) is 7.92. The van der Waals surface area contributed by atoms with E-state index in [9.17, 15) is 4.79 Å². The fourth-order valence-electron chi connectivity index (χ4n) is 1.09. The molecule has 1 rings (SSSR count). The average molecular weight is 186 g/mol. The fraction of sp³-hybridized carbons (Fsp3) is 0.750. The molecule has 0 aromatic rings. The molecule has 1 aliphatic rings. The van der Waals surface area contributed by atoms with Crippen molar-refractivity contribution in [2.75, 3.05) is 12.8 Å². The summed E-state index contributed by atoms with van der Waals surface area (Å²) in [6.07, 6.45) is 1.94. The molecule has 0 saturated heterocycles. The summed E-state index contributed by atoms with van der Waals surface area (Å²) < 4.78 is 0. The summed E-state index contributed by atoms with van der Waals surface area (Å²) in [5.74, 6) is -0.0331. The van der Waals surface area contributed by atoms with Gasteiger partial charge in [-0.05, 0) is 27.0 Å². The van der Waals surface area contributed by atoms with Gasteiger partial charge in [-0.1, -0.05) is 11.8 Å². The molecule has 0 aliphatic carbocycles. The molecule has 3 nitrogen and oxygen atoms in total. The van der Waals surface area contributed by atoms with Crippen LogP contribution in [0.1, 0.15) is 20.8 Å². The van der Waals surface area contributed by atoms with Crippen molar-refractivity contribution < 1.29 is 4.79 Å². The minimum atomic E-state index is -0.0331. The average Bonchev–Trinajstić information content (AvgIpc) is 2.29. The number of hydrogen-bond acceptors (Lipinski definition) is 3. The van der Waals surface area contributed by atoms with E-state index in [4.69, 9.17) is 0 Å². The van der Waals surface area contributed by atoms with Crippen LogP contribution in [0.5, 0.6) is 0 Å². The van der Waals surface area contributed by atoms with E-state index in [2.05, 4.69) is 25.8 Å². The topological polar surface area (TPSA) is 32.7 Å². The highest BCUT2D eigenvalue weighted by atomic mass is 32.2. The van der Waals surface area contributed by atoms with Gasteiger partial charge < -0.3 is 4.90 Å². The third kappa shape index (κ3) is 1.80. The lowest BCUT2D eigenvalue weighted by atomic mass is 10.1. The summed E-state index contributed by atoms with van der Waals surface area (Å²) in [6.45, 7) is 6.67. The number of carbonyl (C=O) groups is 1. The first-order valence-electron chi connectivity index (χ1n) is 3.88. The van der Waals surface area contributed by atoms with Gasteiger partial charge in [0.1, 0.15) is 6.54 Å². The molecule has 0 radical (unpaired) electrons. The van der Waals surface area contributed by atoms with Crippen LogP contribution in [0.2, 0.25) is 0 Å². The van der Waals surface area contributed by atoms with E-state index >= 15 is 0 Å². The highest BCUT2D eigenvalue weighted by Gasteiger charge is 2.31. The number of nitrogens with zero attached hydrogens (tertiary/aromatic N) is 2. The van der Waals surface area contributed by atoms with Gasteiger partial charge in [-0.2, -0.15) is 4.99 Å². The van der Waals surface area contributed by atoms with E-state index in [1.165, 1.54) is 11.8 Å². The minimum Gasteiger partial charge on any atom is -0.337 e. The van der Waals surface area contributed by atoms with Crippen molar-refractivity contribution >= 4 is 22.8 Å². The lowest BCUT2D eigenvalue weighted by Crippen LogP contribution is -2.42. The molecule has 12 heavy (non-hydrogen) atoms. The Kier molecular flexibility index (Phi) is 2.46. The first kappa shape index (κ1) is 9.58. The van der Waals surface area contributed by atoms with Gasteiger partial charge in [-0.15, -0.1) is 0 Å². The second-order valence-corrected chi connectivity index (χ2v) is 4.52. The van der Waals surface area contributed by atoms with Crippen LogP contribution in [0.25, 0.3) is 0 Å². The van der Waals surface area contributed by atoms with Crippen LogP contribution < -0.4 is 0 Å². The van der Waals surface area contributed by atoms with E-state index in [1.807, 2.05) is 11.2 Å². The predicted molar refractivity (Wildman–Crippen MR) is 52.4 cm³/mol. The van der Waals surface area contributed by atoms with Crippen molar-refractivity contribution in [2.24, 2.45) is 4.99 Å². The fourth-order valence-corrected chi connectivity index (χ4v) is 1.84. The van der Waals surface area contributed by atoms with Gasteiger partial charge in [0.15, 0.2) is 5.17 Å². The third-order valence-electron chi connectivity index (χ3n) is 1.74. The van der Waals surface area contributed by atoms with Gasteiger partial charge in [-0.3, -0.25) is 4.79 Å². The Labute approximate surface area is 77.2 Å². The minimum absolute atomic E-state index is 0.00595. The molecule has 1 amide bonds. The number of carbonyl (C=O) groups excluding carboxylic acids is 1. The molecular weight excluding hydrogens is 172 g/mol. The largest absolute Gasteiger partial charge is 0.337 e. The quantitative estimate of drug-likeness (QED) is 0.572. The molecule has 4 heteroatoms. The van der Waals surface area contributed by atoms with Crippen LogP contribution in [0.15, 0.2) is 4.99 Å². The summed E-state index contributed by atoms with van der Waals surface area (Å²) >= 11 is 1.53. The number of hydrogen-bond donors (Lipinski definition) is 0. The lowest BCUT2D eigenvalue weighted by Gasteiger charge is -2.32. The maximum absolute atomic E-state index is 11.0. The van der Waals surface area contributed by atoms with E-state index in [0.29, 0.717) is 6.54 Å². The Morgan fingerprint density at radius 3 is 2.42 bits per heavy atom. The zero-order valence-corrected chi connectivity index (χ0v) is 8.73. The smallest absolute Gasteiger partial charge is 0.267 e. The van der Waals surface area contributed by atoms with Crippen molar-refractivity contribution in [3.63, 3.8) is 0 Å². The van der Waals surface area contributed by atoms with Crippen molar-refractivity contribution in [1.29, 1.82) is 0 Å². The van der Waals surface area contributed by atoms with Crippen molar-refractivity contribution in [1.82, 2.24) is 4.90 Å². The van der Waals surface area contributed by atoms with Crippen LogP contribution in [-0.4, -0.2) is 34.3 Å². The first-order chi connectivity index (χ1) is 5.45. The molecule has 0 fully saturated rings. The van der Waals surface area contributed by atoms with Gasteiger partial charge in [0.2, 0.25) is 0 Å². The standard InChI is InChI=1S/C8H14N2OS/c1-8(2,3)10-5-6(11)9-7(10)12-4/h5H2,1-4H3. The number of amidine groups is 1. The molecule has 1 heterocycles. The molecular formula is C8H14N2OS. The predicted octanol–water partition coefficient (Wildman–Crippen LogP) is 1.35. The van der Waals surface area contributed by atoms with Crippen molar-refractivity contribution in [2.45, 2.75) is 26.3 Å². The summed E-state index contributed by atoms with van der Waals surface area (Å²) in [6, 6.07) is 0. The molecule has 0 saturated carbocycles. The Morgan fingerprint density at radius 2 is 2.08 bits per heavy atom. The molecule has 1 aliphatic heterocycles. The van der Waals surface area contributed by atoms with Gasteiger partial charge in [0.05, 0.1) is 0 Å². The number of rotatable bonds is 0.